The maximum Gasteiger partial charge on any atom is 0.191 e. The third kappa shape index (κ3) is 7.70. The number of hydrogen-bond donors (Lipinski definition) is 2. The quantitative estimate of drug-likeness (QED) is 0.344. The van der Waals surface area contributed by atoms with E-state index < -0.39 is 0 Å². The first-order valence-corrected chi connectivity index (χ1v) is 11.8. The Balaban J connectivity index is 1.23. The summed E-state index contributed by atoms with van der Waals surface area (Å²) in [6.07, 6.45) is 6.61. The molecule has 6 nitrogen and oxygen atoms in total. The number of guanidine groups is 1. The molecule has 2 heterocycles. The molecular formula is C23H35N5OS. The number of piperidine rings is 1. The minimum atomic E-state index is 0.395. The number of nitrogens with one attached hydrogen (secondary N) is 2. The highest BCUT2D eigenvalue weighted by atomic mass is 32.1. The zero-order valence-corrected chi connectivity index (χ0v) is 19.1. The second-order valence-corrected chi connectivity index (χ2v) is 8.81. The van der Waals surface area contributed by atoms with Gasteiger partial charge in [-0.3, -0.25) is 9.89 Å². The maximum atomic E-state index is 6.11. The molecule has 1 aromatic heterocycles. The van der Waals surface area contributed by atoms with Gasteiger partial charge in [-0.15, -0.1) is 11.3 Å². The monoisotopic (exact) mass is 429 g/mol. The van der Waals surface area contributed by atoms with E-state index in [1.807, 2.05) is 6.20 Å². The van der Waals surface area contributed by atoms with Crippen molar-refractivity contribution in [2.24, 2.45) is 4.99 Å². The molecule has 0 aliphatic carbocycles. The van der Waals surface area contributed by atoms with Gasteiger partial charge in [0.2, 0.25) is 0 Å². The third-order valence-corrected chi connectivity index (χ3v) is 6.47. The fourth-order valence-electron chi connectivity index (χ4n) is 3.58. The largest absolute Gasteiger partial charge is 0.378 e. The average Bonchev–Trinajstić information content (AvgIpc) is 3.25. The first kappa shape index (κ1) is 22.7. The Labute approximate surface area is 184 Å². The molecule has 1 saturated heterocycles. The summed E-state index contributed by atoms with van der Waals surface area (Å²) >= 11 is 1.75. The number of aliphatic imine (C=N–C) groups is 1. The molecule has 30 heavy (non-hydrogen) atoms. The van der Waals surface area contributed by atoms with Gasteiger partial charge in [0.05, 0.1) is 12.6 Å². The molecule has 0 atom stereocenters. The molecule has 2 N–H and O–H groups in total. The van der Waals surface area contributed by atoms with Gasteiger partial charge in [0.15, 0.2) is 5.96 Å². The summed E-state index contributed by atoms with van der Waals surface area (Å²) in [7, 11) is 1.80. The van der Waals surface area contributed by atoms with E-state index >= 15 is 0 Å². The summed E-state index contributed by atoms with van der Waals surface area (Å²) in [6, 6.07) is 10.7. The molecule has 0 saturated carbocycles. The lowest BCUT2D eigenvalue weighted by Crippen LogP contribution is -2.38. The molecule has 0 radical (unpaired) electrons. The minimum absolute atomic E-state index is 0.395. The molecule has 1 aliphatic rings. The van der Waals surface area contributed by atoms with Crippen molar-refractivity contribution in [1.29, 1.82) is 0 Å². The average molecular weight is 430 g/mol. The number of thiazole rings is 1. The van der Waals surface area contributed by atoms with Crippen LogP contribution in [-0.4, -0.2) is 55.2 Å². The Morgan fingerprint density at radius 1 is 1.23 bits per heavy atom. The Bertz CT molecular complexity index is 756. The summed E-state index contributed by atoms with van der Waals surface area (Å²) in [6.45, 7) is 7.79. The van der Waals surface area contributed by atoms with Crippen molar-refractivity contribution >= 4 is 17.3 Å². The van der Waals surface area contributed by atoms with Gasteiger partial charge in [0.1, 0.15) is 5.01 Å². The lowest BCUT2D eigenvalue weighted by molar-refractivity contribution is 0.00534. The predicted octanol–water partition coefficient (Wildman–Crippen LogP) is 3.44. The van der Waals surface area contributed by atoms with Crippen LogP contribution in [0.25, 0.3) is 0 Å². The van der Waals surface area contributed by atoms with Crippen LogP contribution in [0.15, 0.2) is 41.5 Å². The highest BCUT2D eigenvalue weighted by molar-refractivity contribution is 7.11. The van der Waals surface area contributed by atoms with Crippen molar-refractivity contribution in [3.63, 3.8) is 0 Å². The highest BCUT2D eigenvalue weighted by Gasteiger charge is 2.19. The predicted molar refractivity (Wildman–Crippen MR) is 125 cm³/mol. The minimum Gasteiger partial charge on any atom is -0.378 e. The normalized spacial score (nSPS) is 16.0. The summed E-state index contributed by atoms with van der Waals surface area (Å²) in [5.41, 5.74) is 1.39. The van der Waals surface area contributed by atoms with E-state index in [1.54, 1.807) is 18.4 Å². The van der Waals surface area contributed by atoms with Crippen LogP contribution in [0.3, 0.4) is 0 Å². The molecular weight excluding hydrogens is 394 g/mol. The first-order valence-electron chi connectivity index (χ1n) is 11.0. The Morgan fingerprint density at radius 2 is 2.03 bits per heavy atom. The number of nitrogens with zero attached hydrogens (tertiary/aromatic N) is 3. The number of hydrogen-bond acceptors (Lipinski definition) is 5. The molecule has 7 heteroatoms. The zero-order chi connectivity index (χ0) is 21.0. The second-order valence-electron chi connectivity index (χ2n) is 7.61. The maximum absolute atomic E-state index is 6.11. The topological polar surface area (TPSA) is 61.8 Å². The van der Waals surface area contributed by atoms with Gasteiger partial charge >= 0.3 is 0 Å². The Morgan fingerprint density at radius 3 is 2.73 bits per heavy atom. The second kappa shape index (κ2) is 12.7. The van der Waals surface area contributed by atoms with Crippen molar-refractivity contribution in [2.75, 3.05) is 33.3 Å². The van der Waals surface area contributed by atoms with Crippen LogP contribution in [0.5, 0.6) is 0 Å². The van der Waals surface area contributed by atoms with Crippen molar-refractivity contribution in [3.8, 4) is 0 Å². The molecule has 0 unspecified atom stereocenters. The highest BCUT2D eigenvalue weighted by Crippen LogP contribution is 2.16. The number of aryl methyl sites for hydroxylation is 1. The first-order chi connectivity index (χ1) is 14.8. The summed E-state index contributed by atoms with van der Waals surface area (Å²) in [4.78, 5) is 12.6. The number of ether oxygens (including phenoxy) is 1. The molecule has 0 amide bonds. The Hall–Kier alpha value is -1.96. The molecule has 1 fully saturated rings. The molecule has 1 aromatic carbocycles. The zero-order valence-electron chi connectivity index (χ0n) is 18.3. The van der Waals surface area contributed by atoms with Gasteiger partial charge in [-0.05, 0) is 31.2 Å². The van der Waals surface area contributed by atoms with E-state index in [4.69, 9.17) is 4.74 Å². The van der Waals surface area contributed by atoms with E-state index in [2.05, 4.69) is 62.8 Å². The van der Waals surface area contributed by atoms with Crippen LogP contribution in [0.2, 0.25) is 0 Å². The van der Waals surface area contributed by atoms with E-state index in [0.717, 1.165) is 69.4 Å². The van der Waals surface area contributed by atoms with E-state index in [-0.39, 0.29) is 0 Å². The van der Waals surface area contributed by atoms with Crippen LogP contribution in [-0.2, 0) is 24.2 Å². The van der Waals surface area contributed by atoms with Gasteiger partial charge in [0, 0.05) is 50.9 Å². The van der Waals surface area contributed by atoms with E-state index in [1.165, 1.54) is 10.4 Å². The Kier molecular flexibility index (Phi) is 9.60. The number of rotatable bonds is 10. The van der Waals surface area contributed by atoms with Gasteiger partial charge in [-0.1, -0.05) is 37.3 Å². The van der Waals surface area contributed by atoms with E-state index in [0.29, 0.717) is 12.6 Å². The molecule has 0 spiro atoms. The molecule has 3 rings (SSSR count). The van der Waals surface area contributed by atoms with Crippen LogP contribution < -0.4 is 10.6 Å². The molecule has 0 bridgehead atoms. The molecule has 164 valence electrons. The SMILES string of the molecule is CCc1cnc(CNC(=NC)NCCCOC2CCN(Cc3ccccc3)CC2)s1. The molecule has 1 aliphatic heterocycles. The van der Waals surface area contributed by atoms with Gasteiger partial charge in [0.25, 0.3) is 0 Å². The third-order valence-electron chi connectivity index (χ3n) is 5.33. The van der Waals surface area contributed by atoms with Gasteiger partial charge < -0.3 is 15.4 Å². The summed E-state index contributed by atoms with van der Waals surface area (Å²) in [5, 5.41) is 7.78. The molecule has 2 aromatic rings. The number of likely N-dealkylation sites (tertiary alicyclic amines) is 1. The summed E-state index contributed by atoms with van der Waals surface area (Å²) in [5.74, 6) is 0.817. The fraction of sp³-hybridized carbons (Fsp3) is 0.565. The van der Waals surface area contributed by atoms with Crippen molar-refractivity contribution < 1.29 is 4.74 Å². The van der Waals surface area contributed by atoms with Crippen LogP contribution in [0.4, 0.5) is 0 Å². The lowest BCUT2D eigenvalue weighted by Gasteiger charge is -2.32. The smallest absolute Gasteiger partial charge is 0.191 e. The van der Waals surface area contributed by atoms with Crippen molar-refractivity contribution in [3.05, 3.63) is 52.0 Å². The standard InChI is InChI=1S/C23H35N5OS/c1-3-21-16-26-22(30-21)17-27-23(24-2)25-12-7-15-29-20-10-13-28(14-11-20)18-19-8-5-4-6-9-19/h4-6,8-9,16,20H,3,7,10-15,17-18H2,1-2H3,(H2,24,25,27). The van der Waals surface area contributed by atoms with Crippen molar-refractivity contribution in [1.82, 2.24) is 20.5 Å². The summed E-state index contributed by atoms with van der Waals surface area (Å²) < 4.78 is 6.11. The lowest BCUT2D eigenvalue weighted by atomic mass is 10.1. The van der Waals surface area contributed by atoms with Crippen LogP contribution in [0.1, 0.15) is 41.6 Å². The van der Waals surface area contributed by atoms with Gasteiger partial charge in [-0.25, -0.2) is 4.98 Å². The van der Waals surface area contributed by atoms with Crippen LogP contribution >= 0.6 is 11.3 Å². The number of benzene rings is 1. The van der Waals surface area contributed by atoms with Gasteiger partial charge in [-0.2, -0.15) is 0 Å². The van der Waals surface area contributed by atoms with Crippen LogP contribution in [0, 0.1) is 0 Å². The fourth-order valence-corrected chi connectivity index (χ4v) is 4.38. The van der Waals surface area contributed by atoms with Crippen molar-refractivity contribution in [2.45, 2.75) is 51.8 Å². The number of aromatic nitrogens is 1. The van der Waals surface area contributed by atoms with E-state index in [9.17, 15) is 0 Å².